The van der Waals surface area contributed by atoms with Gasteiger partial charge in [0, 0.05) is 25.6 Å². The fourth-order valence-electron chi connectivity index (χ4n) is 1.66. The van der Waals surface area contributed by atoms with Crippen LogP contribution < -0.4 is 10.6 Å². The Bertz CT molecular complexity index is 520. The van der Waals surface area contributed by atoms with Crippen molar-refractivity contribution in [2.75, 3.05) is 45.2 Å². The third-order valence-corrected chi connectivity index (χ3v) is 2.47. The van der Waals surface area contributed by atoms with Gasteiger partial charge in [0.15, 0.2) is 0 Å². The molecule has 8 heteroatoms. The van der Waals surface area contributed by atoms with E-state index in [4.69, 9.17) is 9.47 Å². The van der Waals surface area contributed by atoms with Crippen molar-refractivity contribution >= 4 is 29.2 Å². The first-order valence-electron chi connectivity index (χ1n) is 6.31. The second kappa shape index (κ2) is 8.75. The van der Waals surface area contributed by atoms with E-state index >= 15 is 0 Å². The van der Waals surface area contributed by atoms with E-state index in [2.05, 4.69) is 15.4 Å². The lowest BCUT2D eigenvalue weighted by atomic mass is 10.1. The van der Waals surface area contributed by atoms with Gasteiger partial charge in [0.25, 0.3) is 0 Å². The number of esters is 1. The molecule has 0 aromatic heterocycles. The lowest BCUT2D eigenvalue weighted by Crippen LogP contribution is -2.19. The lowest BCUT2D eigenvalue weighted by Gasteiger charge is -2.11. The minimum Gasteiger partial charge on any atom is -0.465 e. The van der Waals surface area contributed by atoms with Crippen molar-refractivity contribution in [3.05, 3.63) is 23.8 Å². The molecular weight excluding hydrogens is 292 g/mol. The summed E-state index contributed by atoms with van der Waals surface area (Å²) in [5.41, 5.74) is 0.848. The highest BCUT2D eigenvalue weighted by Crippen LogP contribution is 2.20. The smallest absolute Gasteiger partial charge is 0.337 e. The second-order valence-corrected chi connectivity index (χ2v) is 4.25. The molecule has 8 nitrogen and oxygen atoms in total. The molecule has 0 aliphatic heterocycles. The topological polar surface area (TPSA) is 103 Å². The number of carbonyl (C=O) groups excluding carboxylic acids is 3. The van der Waals surface area contributed by atoms with Gasteiger partial charge in [0.05, 0.1) is 12.7 Å². The Morgan fingerprint density at radius 1 is 0.864 bits per heavy atom. The zero-order valence-electron chi connectivity index (χ0n) is 12.6. The molecule has 22 heavy (non-hydrogen) atoms. The number of rotatable bonds is 7. The third kappa shape index (κ3) is 5.51. The molecule has 0 spiro atoms. The van der Waals surface area contributed by atoms with Crippen LogP contribution in [0, 0.1) is 0 Å². The van der Waals surface area contributed by atoms with Gasteiger partial charge in [-0.15, -0.1) is 0 Å². The van der Waals surface area contributed by atoms with Crippen LogP contribution in [0.2, 0.25) is 0 Å². The highest BCUT2D eigenvalue weighted by atomic mass is 16.5. The summed E-state index contributed by atoms with van der Waals surface area (Å²) in [4.78, 5) is 34.7. The molecule has 1 rings (SSSR count). The summed E-state index contributed by atoms with van der Waals surface area (Å²) in [6.45, 7) is -0.262. The van der Waals surface area contributed by atoms with Crippen molar-refractivity contribution < 1.29 is 28.6 Å². The summed E-state index contributed by atoms with van der Waals surface area (Å²) in [5.74, 6) is -1.37. The average Bonchev–Trinajstić information content (AvgIpc) is 2.46. The fourth-order valence-corrected chi connectivity index (χ4v) is 1.66. The highest BCUT2D eigenvalue weighted by Gasteiger charge is 2.12. The molecule has 1 aromatic rings. The molecule has 0 saturated carbocycles. The minimum atomic E-state index is -0.593. The van der Waals surface area contributed by atoms with Gasteiger partial charge in [0.1, 0.15) is 13.2 Å². The molecule has 1 aromatic carbocycles. The van der Waals surface area contributed by atoms with E-state index in [-0.39, 0.29) is 18.8 Å². The summed E-state index contributed by atoms with van der Waals surface area (Å²) in [6, 6.07) is 4.38. The normalized spacial score (nSPS) is 9.95. The Labute approximate surface area is 127 Å². The Morgan fingerprint density at radius 3 is 1.68 bits per heavy atom. The van der Waals surface area contributed by atoms with Crippen molar-refractivity contribution in [1.82, 2.24) is 0 Å². The number of nitrogens with one attached hydrogen (secondary N) is 2. The van der Waals surface area contributed by atoms with E-state index in [1.165, 1.54) is 39.5 Å². The van der Waals surface area contributed by atoms with E-state index in [1.54, 1.807) is 0 Å². The quantitative estimate of drug-likeness (QED) is 0.717. The van der Waals surface area contributed by atoms with Crippen LogP contribution in [0.3, 0.4) is 0 Å². The minimum absolute atomic E-state index is 0.131. The Kier molecular flexibility index (Phi) is 7.00. The Hall–Kier alpha value is -2.45. The monoisotopic (exact) mass is 310 g/mol. The van der Waals surface area contributed by atoms with Gasteiger partial charge in [-0.3, -0.25) is 9.59 Å². The van der Waals surface area contributed by atoms with Gasteiger partial charge >= 0.3 is 5.97 Å². The maximum Gasteiger partial charge on any atom is 0.337 e. The molecule has 2 N–H and O–H groups in total. The highest BCUT2D eigenvalue weighted by molar-refractivity contribution is 5.99. The molecule has 0 unspecified atom stereocenters. The number of methoxy groups -OCH3 is 3. The molecule has 0 aliphatic carbocycles. The molecule has 0 saturated heterocycles. The molecule has 2 amide bonds. The Balaban J connectivity index is 3.02. The lowest BCUT2D eigenvalue weighted by molar-refractivity contribution is -0.120. The van der Waals surface area contributed by atoms with Crippen molar-refractivity contribution in [3.8, 4) is 0 Å². The third-order valence-electron chi connectivity index (χ3n) is 2.47. The number of benzene rings is 1. The van der Waals surface area contributed by atoms with Crippen LogP contribution in [0.4, 0.5) is 11.4 Å². The van der Waals surface area contributed by atoms with E-state index < -0.39 is 17.8 Å². The summed E-state index contributed by atoms with van der Waals surface area (Å²) in [7, 11) is 4.02. The SMILES string of the molecule is COCC(=O)Nc1cc(NC(=O)COC)cc(C(=O)OC)c1. The number of ether oxygens (including phenoxy) is 3. The molecule has 0 fully saturated rings. The standard InChI is InChI=1S/C14H18N2O6/c1-20-7-12(17)15-10-4-9(14(19)22-3)5-11(6-10)16-13(18)8-21-2/h4-6H,7-8H2,1-3H3,(H,15,17)(H,16,18). The van der Waals surface area contributed by atoms with Gasteiger partial charge in [-0.05, 0) is 18.2 Å². The molecule has 0 radical (unpaired) electrons. The van der Waals surface area contributed by atoms with Crippen molar-refractivity contribution in [2.24, 2.45) is 0 Å². The number of anilines is 2. The first-order valence-corrected chi connectivity index (χ1v) is 6.31. The Morgan fingerprint density at radius 2 is 1.32 bits per heavy atom. The molecule has 0 bridgehead atoms. The number of hydrogen-bond donors (Lipinski definition) is 2. The van der Waals surface area contributed by atoms with Crippen LogP contribution in [0.5, 0.6) is 0 Å². The summed E-state index contributed by atoms with van der Waals surface area (Å²) < 4.78 is 14.1. The van der Waals surface area contributed by atoms with Crippen LogP contribution in [0.15, 0.2) is 18.2 Å². The van der Waals surface area contributed by atoms with Crippen molar-refractivity contribution in [1.29, 1.82) is 0 Å². The zero-order valence-corrected chi connectivity index (χ0v) is 12.6. The van der Waals surface area contributed by atoms with Crippen molar-refractivity contribution in [2.45, 2.75) is 0 Å². The molecule has 0 aliphatic rings. The number of amides is 2. The van der Waals surface area contributed by atoms with Gasteiger partial charge in [-0.25, -0.2) is 4.79 Å². The summed E-state index contributed by atoms with van der Waals surface area (Å²) in [5, 5.41) is 5.11. The van der Waals surface area contributed by atoms with Crippen LogP contribution in [-0.2, 0) is 23.8 Å². The molecule has 0 atom stereocenters. The zero-order chi connectivity index (χ0) is 16.5. The molecular formula is C14H18N2O6. The van der Waals surface area contributed by atoms with Crippen LogP contribution in [-0.4, -0.2) is 52.3 Å². The van der Waals surface area contributed by atoms with Crippen LogP contribution >= 0.6 is 0 Å². The number of carbonyl (C=O) groups is 3. The largest absolute Gasteiger partial charge is 0.465 e. The van der Waals surface area contributed by atoms with E-state index in [0.717, 1.165) is 0 Å². The van der Waals surface area contributed by atoms with E-state index in [0.29, 0.717) is 11.4 Å². The predicted molar refractivity (Wildman–Crippen MR) is 78.8 cm³/mol. The predicted octanol–water partition coefficient (Wildman–Crippen LogP) is 0.643. The van der Waals surface area contributed by atoms with Gasteiger partial charge in [0.2, 0.25) is 11.8 Å². The summed E-state index contributed by atoms with van der Waals surface area (Å²) in [6.07, 6.45) is 0. The van der Waals surface area contributed by atoms with Crippen LogP contribution in [0.1, 0.15) is 10.4 Å². The van der Waals surface area contributed by atoms with Crippen molar-refractivity contribution in [3.63, 3.8) is 0 Å². The maximum atomic E-state index is 11.6. The fraction of sp³-hybridized carbons (Fsp3) is 0.357. The van der Waals surface area contributed by atoms with Gasteiger partial charge in [-0.2, -0.15) is 0 Å². The first-order chi connectivity index (χ1) is 10.5. The second-order valence-electron chi connectivity index (χ2n) is 4.25. The molecule has 120 valence electrons. The number of hydrogen-bond acceptors (Lipinski definition) is 6. The van der Waals surface area contributed by atoms with Gasteiger partial charge in [-0.1, -0.05) is 0 Å². The average molecular weight is 310 g/mol. The molecule has 0 heterocycles. The van der Waals surface area contributed by atoms with E-state index in [1.807, 2.05) is 0 Å². The van der Waals surface area contributed by atoms with E-state index in [9.17, 15) is 14.4 Å². The first kappa shape index (κ1) is 17.6. The summed E-state index contributed by atoms with van der Waals surface area (Å²) >= 11 is 0. The maximum absolute atomic E-state index is 11.6. The van der Waals surface area contributed by atoms with Crippen LogP contribution in [0.25, 0.3) is 0 Å². The van der Waals surface area contributed by atoms with Gasteiger partial charge < -0.3 is 24.8 Å².